The zero-order valence-corrected chi connectivity index (χ0v) is 12.7. The largest absolute Gasteiger partial charge is 0.369 e. The van der Waals surface area contributed by atoms with Crippen LogP contribution < -0.4 is 5.73 Å². The maximum absolute atomic E-state index is 13.5. The Morgan fingerprint density at radius 3 is 2.67 bits per heavy atom. The number of nitrogens with zero attached hydrogens (tertiary/aromatic N) is 2. The molecule has 1 atom stereocenters. The van der Waals surface area contributed by atoms with Gasteiger partial charge in [0.25, 0.3) is 0 Å². The molecular formula is C15H12Cl2FN3. The number of fused-ring (bicyclic) bond motifs is 1. The van der Waals surface area contributed by atoms with E-state index in [1.54, 1.807) is 22.8 Å². The number of imidazole rings is 1. The number of nitrogen functional groups attached to an aromatic ring is 1. The highest BCUT2D eigenvalue weighted by Crippen LogP contribution is 2.32. The lowest BCUT2D eigenvalue weighted by Crippen LogP contribution is -2.10. The van der Waals surface area contributed by atoms with Gasteiger partial charge in [-0.1, -0.05) is 29.3 Å². The second kappa shape index (κ2) is 5.20. The summed E-state index contributed by atoms with van der Waals surface area (Å²) in [6.07, 6.45) is 0. The van der Waals surface area contributed by atoms with E-state index in [-0.39, 0.29) is 11.9 Å². The Bertz CT molecular complexity index is 829. The average Bonchev–Trinajstić information content (AvgIpc) is 2.73. The maximum atomic E-state index is 13.5. The van der Waals surface area contributed by atoms with E-state index >= 15 is 0 Å². The molecule has 0 bridgehead atoms. The molecule has 0 amide bonds. The van der Waals surface area contributed by atoms with Crippen molar-refractivity contribution in [3.8, 4) is 0 Å². The fourth-order valence-electron chi connectivity index (χ4n) is 2.47. The first-order valence-corrected chi connectivity index (χ1v) is 7.11. The van der Waals surface area contributed by atoms with E-state index in [0.29, 0.717) is 27.0 Å². The highest BCUT2D eigenvalue weighted by atomic mass is 35.5. The lowest BCUT2D eigenvalue weighted by Gasteiger charge is -2.18. The first kappa shape index (κ1) is 14.2. The van der Waals surface area contributed by atoms with Gasteiger partial charge < -0.3 is 10.3 Å². The molecule has 21 heavy (non-hydrogen) atoms. The maximum Gasteiger partial charge on any atom is 0.201 e. The number of nitrogens with two attached hydrogens (primary N) is 1. The van der Waals surface area contributed by atoms with Crippen molar-refractivity contribution in [1.29, 1.82) is 0 Å². The number of anilines is 1. The minimum absolute atomic E-state index is 0.193. The van der Waals surface area contributed by atoms with Crippen LogP contribution in [-0.2, 0) is 0 Å². The molecule has 2 N–H and O–H groups in total. The van der Waals surface area contributed by atoms with E-state index in [9.17, 15) is 4.39 Å². The van der Waals surface area contributed by atoms with Crippen LogP contribution in [0.2, 0.25) is 10.0 Å². The van der Waals surface area contributed by atoms with Crippen LogP contribution in [0.25, 0.3) is 11.0 Å². The molecule has 1 unspecified atom stereocenters. The van der Waals surface area contributed by atoms with Crippen LogP contribution in [-0.4, -0.2) is 9.55 Å². The first-order chi connectivity index (χ1) is 9.97. The molecule has 0 radical (unpaired) electrons. The van der Waals surface area contributed by atoms with Gasteiger partial charge in [0.15, 0.2) is 0 Å². The van der Waals surface area contributed by atoms with Crippen molar-refractivity contribution in [3.05, 3.63) is 57.8 Å². The van der Waals surface area contributed by atoms with E-state index in [0.717, 1.165) is 5.56 Å². The van der Waals surface area contributed by atoms with E-state index in [1.165, 1.54) is 12.1 Å². The van der Waals surface area contributed by atoms with Crippen LogP contribution in [0.1, 0.15) is 18.5 Å². The highest BCUT2D eigenvalue weighted by Gasteiger charge is 2.18. The summed E-state index contributed by atoms with van der Waals surface area (Å²) in [7, 11) is 0. The van der Waals surface area contributed by atoms with Crippen molar-refractivity contribution < 1.29 is 4.39 Å². The second-order valence-electron chi connectivity index (χ2n) is 4.81. The van der Waals surface area contributed by atoms with Crippen LogP contribution in [0.5, 0.6) is 0 Å². The number of hydrogen-bond donors (Lipinski definition) is 1. The number of benzene rings is 2. The minimum Gasteiger partial charge on any atom is -0.369 e. The molecule has 0 aliphatic heterocycles. The Kier molecular flexibility index (Phi) is 3.51. The standard InChI is InChI=1S/C15H12Cl2FN3/c1-8(11-4-2-9(16)6-12(11)17)21-14-7-10(18)3-5-13(14)20-15(21)19/h2-8H,1H3,(H2,19,20). The summed E-state index contributed by atoms with van der Waals surface area (Å²) in [5.74, 6) is -0.0211. The van der Waals surface area contributed by atoms with Gasteiger partial charge >= 0.3 is 0 Å². The van der Waals surface area contributed by atoms with Crippen molar-refractivity contribution in [3.63, 3.8) is 0 Å². The summed E-state index contributed by atoms with van der Waals surface area (Å²) in [6, 6.07) is 9.45. The lowest BCUT2D eigenvalue weighted by atomic mass is 10.1. The van der Waals surface area contributed by atoms with Gasteiger partial charge in [0.2, 0.25) is 5.95 Å². The molecule has 1 aromatic heterocycles. The molecule has 0 saturated carbocycles. The topological polar surface area (TPSA) is 43.8 Å². The molecule has 3 nitrogen and oxygen atoms in total. The summed E-state index contributed by atoms with van der Waals surface area (Å²) < 4.78 is 15.3. The molecule has 3 aromatic rings. The van der Waals surface area contributed by atoms with Crippen LogP contribution in [0.3, 0.4) is 0 Å². The Morgan fingerprint density at radius 2 is 1.95 bits per heavy atom. The third kappa shape index (κ3) is 2.45. The summed E-state index contributed by atoms with van der Waals surface area (Å²) >= 11 is 12.2. The van der Waals surface area contributed by atoms with Crippen LogP contribution in [0, 0.1) is 5.82 Å². The van der Waals surface area contributed by atoms with Gasteiger partial charge in [0.05, 0.1) is 17.1 Å². The summed E-state index contributed by atoms with van der Waals surface area (Å²) in [5, 5.41) is 1.10. The molecular weight excluding hydrogens is 312 g/mol. The number of aromatic nitrogens is 2. The molecule has 1 heterocycles. The monoisotopic (exact) mass is 323 g/mol. The molecule has 3 rings (SSSR count). The number of halogens is 3. The Labute approximate surface area is 131 Å². The van der Waals surface area contributed by atoms with Gasteiger partial charge in [0, 0.05) is 10.0 Å². The molecule has 0 saturated heterocycles. The summed E-state index contributed by atoms with van der Waals surface area (Å²) in [6.45, 7) is 1.93. The van der Waals surface area contributed by atoms with Crippen molar-refractivity contribution in [2.45, 2.75) is 13.0 Å². The van der Waals surface area contributed by atoms with Crippen molar-refractivity contribution >= 4 is 40.2 Å². The highest BCUT2D eigenvalue weighted by molar-refractivity contribution is 6.35. The normalized spacial score (nSPS) is 12.8. The molecule has 0 fully saturated rings. The van der Waals surface area contributed by atoms with Crippen molar-refractivity contribution in [2.75, 3.05) is 5.73 Å². The fourth-order valence-corrected chi connectivity index (χ4v) is 3.04. The first-order valence-electron chi connectivity index (χ1n) is 6.35. The van der Waals surface area contributed by atoms with Crippen LogP contribution in [0.4, 0.5) is 10.3 Å². The molecule has 0 spiro atoms. The van der Waals surface area contributed by atoms with E-state index in [4.69, 9.17) is 28.9 Å². The molecule has 2 aromatic carbocycles. The fraction of sp³-hybridized carbons (Fsp3) is 0.133. The molecule has 0 aliphatic carbocycles. The second-order valence-corrected chi connectivity index (χ2v) is 5.66. The minimum atomic E-state index is -0.335. The molecule has 6 heteroatoms. The van der Waals surface area contributed by atoms with Gasteiger partial charge in [0.1, 0.15) is 5.82 Å². The van der Waals surface area contributed by atoms with E-state index in [1.807, 2.05) is 13.0 Å². The molecule has 0 aliphatic rings. The Morgan fingerprint density at radius 1 is 1.19 bits per heavy atom. The van der Waals surface area contributed by atoms with Crippen molar-refractivity contribution in [2.24, 2.45) is 0 Å². The quantitative estimate of drug-likeness (QED) is 0.744. The van der Waals surface area contributed by atoms with Crippen LogP contribution in [0.15, 0.2) is 36.4 Å². The average molecular weight is 324 g/mol. The molecule has 108 valence electrons. The lowest BCUT2D eigenvalue weighted by molar-refractivity contribution is 0.625. The van der Waals surface area contributed by atoms with Gasteiger partial charge in [-0.25, -0.2) is 9.37 Å². The predicted molar refractivity (Wildman–Crippen MR) is 84.4 cm³/mol. The zero-order chi connectivity index (χ0) is 15.1. The van der Waals surface area contributed by atoms with Gasteiger partial charge in [-0.3, -0.25) is 0 Å². The van der Waals surface area contributed by atoms with Gasteiger partial charge in [-0.05, 0) is 42.8 Å². The Balaban J connectivity index is 2.19. The van der Waals surface area contributed by atoms with Gasteiger partial charge in [-0.15, -0.1) is 0 Å². The number of rotatable bonds is 2. The Hall–Kier alpha value is -1.78. The third-order valence-corrected chi connectivity index (χ3v) is 4.04. The van der Waals surface area contributed by atoms with E-state index < -0.39 is 0 Å². The summed E-state index contributed by atoms with van der Waals surface area (Å²) in [4.78, 5) is 4.25. The third-order valence-electron chi connectivity index (χ3n) is 3.48. The van der Waals surface area contributed by atoms with Gasteiger partial charge in [-0.2, -0.15) is 0 Å². The predicted octanol–water partition coefficient (Wildman–Crippen LogP) is 4.67. The van der Waals surface area contributed by atoms with Crippen LogP contribution >= 0.6 is 23.2 Å². The van der Waals surface area contributed by atoms with Crippen molar-refractivity contribution in [1.82, 2.24) is 9.55 Å². The SMILES string of the molecule is CC(c1ccc(Cl)cc1Cl)n1c(N)nc2ccc(F)cc21. The van der Waals surface area contributed by atoms with E-state index in [2.05, 4.69) is 4.98 Å². The number of hydrogen-bond acceptors (Lipinski definition) is 2. The summed E-state index contributed by atoms with van der Waals surface area (Å²) in [5.41, 5.74) is 8.10. The zero-order valence-electron chi connectivity index (χ0n) is 11.1. The smallest absolute Gasteiger partial charge is 0.201 e.